The van der Waals surface area contributed by atoms with E-state index in [9.17, 15) is 20.4 Å². The first-order chi connectivity index (χ1) is 9.49. The van der Waals surface area contributed by atoms with Crippen LogP contribution in [0.15, 0.2) is 0 Å². The average Bonchev–Trinajstić information content (AvgIpc) is 2.88. The summed E-state index contributed by atoms with van der Waals surface area (Å²) < 4.78 is 20.6. The quantitative estimate of drug-likeness (QED) is 0.350. The van der Waals surface area contributed by atoms with Crippen molar-refractivity contribution in [2.75, 3.05) is 20.3 Å². The van der Waals surface area contributed by atoms with Gasteiger partial charge in [-0.25, -0.2) is 0 Å². The van der Waals surface area contributed by atoms with Gasteiger partial charge in [0.2, 0.25) is 0 Å². The van der Waals surface area contributed by atoms with Crippen LogP contribution in [0, 0.1) is 0 Å². The highest BCUT2D eigenvalue weighted by atomic mass is 16.7. The van der Waals surface area contributed by atoms with Crippen LogP contribution in [0.4, 0.5) is 0 Å². The minimum absolute atomic E-state index is 0.176. The second-order valence-corrected chi connectivity index (χ2v) is 4.80. The lowest BCUT2D eigenvalue weighted by molar-refractivity contribution is -0.201. The molecule has 0 saturated carbocycles. The van der Waals surface area contributed by atoms with Gasteiger partial charge in [-0.2, -0.15) is 0 Å². The number of rotatable bonds is 5. The summed E-state index contributed by atoms with van der Waals surface area (Å²) in [5.41, 5.74) is 0. The monoisotopic (exact) mass is 296 g/mol. The predicted molar refractivity (Wildman–Crippen MR) is 61.4 cm³/mol. The Morgan fingerprint density at radius 2 is 1.65 bits per heavy atom. The maximum absolute atomic E-state index is 9.80. The van der Waals surface area contributed by atoms with Gasteiger partial charge >= 0.3 is 0 Å². The maximum atomic E-state index is 9.80. The van der Waals surface area contributed by atoms with Crippen molar-refractivity contribution in [2.45, 2.75) is 49.2 Å². The highest BCUT2D eigenvalue weighted by Crippen LogP contribution is 2.26. The number of methoxy groups -OCH3 is 1. The van der Waals surface area contributed by atoms with Gasteiger partial charge in [0, 0.05) is 7.11 Å². The summed E-state index contributed by atoms with van der Waals surface area (Å²) in [6, 6.07) is 0. The van der Waals surface area contributed by atoms with Crippen molar-refractivity contribution in [3.8, 4) is 0 Å². The molecule has 8 atom stereocenters. The van der Waals surface area contributed by atoms with Crippen LogP contribution in [-0.2, 0) is 18.9 Å². The van der Waals surface area contributed by atoms with E-state index in [1.807, 2.05) is 0 Å². The molecule has 0 radical (unpaired) electrons. The molecule has 0 unspecified atom stereocenters. The molecule has 2 rings (SSSR count). The summed E-state index contributed by atoms with van der Waals surface area (Å²) in [6.45, 7) is -0.564. The van der Waals surface area contributed by atoms with Crippen molar-refractivity contribution < 1.29 is 44.5 Å². The summed E-state index contributed by atoms with van der Waals surface area (Å²) in [7, 11) is 1.36. The Morgan fingerprint density at radius 3 is 2.15 bits per heavy atom. The fourth-order valence-electron chi connectivity index (χ4n) is 2.29. The van der Waals surface area contributed by atoms with E-state index >= 15 is 0 Å². The third kappa shape index (κ3) is 2.96. The molecule has 0 aromatic rings. The fraction of sp³-hybridized carbons (Fsp3) is 1.00. The van der Waals surface area contributed by atoms with E-state index in [1.165, 1.54) is 7.11 Å². The molecule has 2 aliphatic rings. The molecule has 0 spiro atoms. The van der Waals surface area contributed by atoms with Crippen molar-refractivity contribution in [3.05, 3.63) is 0 Å². The first-order valence-corrected chi connectivity index (χ1v) is 6.28. The second-order valence-electron chi connectivity index (χ2n) is 4.80. The molecule has 9 nitrogen and oxygen atoms in total. The number of aliphatic hydroxyl groups excluding tert-OH is 5. The molecule has 0 aromatic carbocycles. The van der Waals surface area contributed by atoms with E-state index in [-0.39, 0.29) is 13.2 Å². The topological polar surface area (TPSA) is 138 Å². The largest absolute Gasteiger partial charge is 0.394 e. The normalized spacial score (nSPS) is 48.9. The van der Waals surface area contributed by atoms with E-state index in [4.69, 9.17) is 24.1 Å². The van der Waals surface area contributed by atoms with Gasteiger partial charge in [-0.3, -0.25) is 0 Å². The highest BCUT2D eigenvalue weighted by Gasteiger charge is 2.46. The van der Waals surface area contributed by atoms with Crippen LogP contribution in [0.3, 0.4) is 0 Å². The molecule has 0 amide bonds. The van der Waals surface area contributed by atoms with Crippen LogP contribution < -0.4 is 0 Å². The van der Waals surface area contributed by atoms with E-state index in [0.717, 1.165) is 0 Å². The van der Waals surface area contributed by atoms with Crippen LogP contribution in [0.5, 0.6) is 0 Å². The molecule has 20 heavy (non-hydrogen) atoms. The molecule has 118 valence electrons. The molecular weight excluding hydrogens is 276 g/mol. The third-order valence-electron chi connectivity index (χ3n) is 3.51. The molecule has 0 aromatic heterocycles. The molecular formula is C11H20O9. The molecule has 9 heteroatoms. The van der Waals surface area contributed by atoms with E-state index in [1.54, 1.807) is 0 Å². The smallest absolute Gasteiger partial charge is 0.187 e. The molecule has 0 bridgehead atoms. The van der Waals surface area contributed by atoms with Crippen LogP contribution in [0.2, 0.25) is 0 Å². The number of hydrogen-bond acceptors (Lipinski definition) is 9. The second kappa shape index (κ2) is 6.60. The summed E-state index contributed by atoms with van der Waals surface area (Å²) in [5, 5.41) is 47.0. The van der Waals surface area contributed by atoms with E-state index in [0.29, 0.717) is 0 Å². The van der Waals surface area contributed by atoms with Crippen molar-refractivity contribution in [1.82, 2.24) is 0 Å². The van der Waals surface area contributed by atoms with Crippen molar-refractivity contribution >= 4 is 0 Å². The van der Waals surface area contributed by atoms with Gasteiger partial charge in [0.25, 0.3) is 0 Å². The Balaban J connectivity index is 1.87. The van der Waals surface area contributed by atoms with Gasteiger partial charge in [0.1, 0.15) is 36.6 Å². The molecule has 2 fully saturated rings. The predicted octanol–water partition coefficient (Wildman–Crippen LogP) is -3.46. The molecule has 5 N–H and O–H groups in total. The summed E-state index contributed by atoms with van der Waals surface area (Å²) in [4.78, 5) is 0. The lowest BCUT2D eigenvalue weighted by Crippen LogP contribution is -2.39. The SMILES string of the molecule is CO[C@@H]1[C@@H](OC[C@H]2O[C@H](O)[C@@H](O)[C@@H]2O)O[C@H](CO)[C@H]1O. The first kappa shape index (κ1) is 16.0. The number of aliphatic hydroxyl groups is 5. The van der Waals surface area contributed by atoms with Gasteiger partial charge in [-0.15, -0.1) is 0 Å². The Labute approximate surface area is 115 Å². The Morgan fingerprint density at radius 1 is 0.950 bits per heavy atom. The minimum atomic E-state index is -1.47. The van der Waals surface area contributed by atoms with Gasteiger partial charge in [0.15, 0.2) is 12.6 Å². The molecule has 2 aliphatic heterocycles. The van der Waals surface area contributed by atoms with Crippen LogP contribution in [0.1, 0.15) is 0 Å². The van der Waals surface area contributed by atoms with Crippen molar-refractivity contribution in [3.63, 3.8) is 0 Å². The number of hydrogen-bond donors (Lipinski definition) is 5. The minimum Gasteiger partial charge on any atom is -0.394 e. The molecule has 2 saturated heterocycles. The Hall–Kier alpha value is -0.360. The zero-order chi connectivity index (χ0) is 14.9. The van der Waals surface area contributed by atoms with Crippen LogP contribution >= 0.6 is 0 Å². The van der Waals surface area contributed by atoms with Crippen molar-refractivity contribution in [1.29, 1.82) is 0 Å². The summed E-state index contributed by atoms with van der Waals surface area (Å²) in [5.74, 6) is 0. The zero-order valence-electron chi connectivity index (χ0n) is 10.9. The van der Waals surface area contributed by atoms with Gasteiger partial charge in [0.05, 0.1) is 13.2 Å². The summed E-state index contributed by atoms with van der Waals surface area (Å²) >= 11 is 0. The highest BCUT2D eigenvalue weighted by molar-refractivity contribution is 4.89. The molecule has 2 heterocycles. The van der Waals surface area contributed by atoms with Gasteiger partial charge in [-0.05, 0) is 0 Å². The van der Waals surface area contributed by atoms with E-state index in [2.05, 4.69) is 0 Å². The Bertz CT molecular complexity index is 314. The standard InChI is InChI=1S/C11H20O9/c1-17-9-7(14)4(2-12)20-11(9)18-3-5-6(13)8(15)10(16)19-5/h4-16H,2-3H2,1H3/t4-,5-,6-,7-,8+,9+,10+,11+/m1/s1. The zero-order valence-corrected chi connectivity index (χ0v) is 10.9. The fourth-order valence-corrected chi connectivity index (χ4v) is 2.29. The average molecular weight is 296 g/mol. The van der Waals surface area contributed by atoms with Gasteiger partial charge in [-0.1, -0.05) is 0 Å². The van der Waals surface area contributed by atoms with Crippen molar-refractivity contribution in [2.24, 2.45) is 0 Å². The van der Waals surface area contributed by atoms with E-state index < -0.39 is 49.2 Å². The van der Waals surface area contributed by atoms with Gasteiger partial charge < -0.3 is 44.5 Å². The summed E-state index contributed by atoms with van der Waals surface area (Å²) in [6.07, 6.45) is -8.69. The lowest BCUT2D eigenvalue weighted by Gasteiger charge is -2.21. The van der Waals surface area contributed by atoms with Crippen LogP contribution in [-0.4, -0.2) is 95.1 Å². The lowest BCUT2D eigenvalue weighted by atomic mass is 10.1. The first-order valence-electron chi connectivity index (χ1n) is 6.28. The van der Waals surface area contributed by atoms with Crippen LogP contribution in [0.25, 0.3) is 0 Å². The third-order valence-corrected chi connectivity index (χ3v) is 3.51. The maximum Gasteiger partial charge on any atom is 0.187 e. The number of ether oxygens (including phenoxy) is 4. The molecule has 0 aliphatic carbocycles. The Kier molecular flexibility index (Phi) is 5.29.